The minimum absolute atomic E-state index is 0.0910. The predicted molar refractivity (Wildman–Crippen MR) is 61.8 cm³/mol. The van der Waals surface area contributed by atoms with Crippen molar-refractivity contribution in [3.05, 3.63) is 36.0 Å². The van der Waals surface area contributed by atoms with E-state index >= 15 is 0 Å². The standard InChI is InChI=1S/C12H14BN/c1-12(2,3)11-8-9-6-4-5-7-10(9)14(11)13/h4-8H,1-3H3. The fourth-order valence-electron chi connectivity index (χ4n) is 1.75. The van der Waals surface area contributed by atoms with Crippen LogP contribution in [0.2, 0.25) is 0 Å². The number of rotatable bonds is 0. The molecule has 0 unspecified atom stereocenters. The summed E-state index contributed by atoms with van der Waals surface area (Å²) in [6.45, 7) is 6.51. The molecule has 1 aromatic carbocycles. The Morgan fingerprint density at radius 3 is 2.36 bits per heavy atom. The van der Waals surface area contributed by atoms with Gasteiger partial charge in [0.1, 0.15) is 0 Å². The SMILES string of the molecule is [B]n1c(C(C)(C)C)cc2ccccc21. The number of benzene rings is 1. The second-order valence-corrected chi connectivity index (χ2v) is 4.71. The molecular weight excluding hydrogens is 169 g/mol. The fourth-order valence-corrected chi connectivity index (χ4v) is 1.75. The van der Waals surface area contributed by atoms with Crippen molar-refractivity contribution >= 4 is 18.9 Å². The number of hydrogen-bond donors (Lipinski definition) is 0. The number of fused-ring (bicyclic) bond motifs is 1. The molecule has 0 saturated heterocycles. The maximum atomic E-state index is 6.04. The van der Waals surface area contributed by atoms with Gasteiger partial charge in [0.2, 0.25) is 7.98 Å². The van der Waals surface area contributed by atoms with Crippen LogP contribution < -0.4 is 0 Å². The summed E-state index contributed by atoms with van der Waals surface area (Å²) in [7, 11) is 6.04. The van der Waals surface area contributed by atoms with E-state index in [1.165, 1.54) is 11.1 Å². The van der Waals surface area contributed by atoms with Crippen LogP contribution in [0, 0.1) is 0 Å². The highest BCUT2D eigenvalue weighted by atomic mass is 14.9. The minimum atomic E-state index is 0.0910. The Hall–Kier alpha value is -1.18. The van der Waals surface area contributed by atoms with Crippen LogP contribution in [0.15, 0.2) is 30.3 Å². The van der Waals surface area contributed by atoms with Crippen molar-refractivity contribution in [2.24, 2.45) is 0 Å². The van der Waals surface area contributed by atoms with Gasteiger partial charge in [-0.15, -0.1) is 0 Å². The molecule has 0 aliphatic heterocycles. The van der Waals surface area contributed by atoms with Gasteiger partial charge in [-0.05, 0) is 17.5 Å². The molecule has 0 amide bonds. The summed E-state index contributed by atoms with van der Waals surface area (Å²) < 4.78 is 1.79. The molecule has 1 nitrogen and oxygen atoms in total. The third-order valence-electron chi connectivity index (χ3n) is 2.52. The Kier molecular flexibility index (Phi) is 1.95. The van der Waals surface area contributed by atoms with E-state index in [1.807, 2.05) is 18.2 Å². The summed E-state index contributed by atoms with van der Waals surface area (Å²) in [6, 6.07) is 10.3. The fraction of sp³-hybridized carbons (Fsp3) is 0.333. The van der Waals surface area contributed by atoms with Crippen LogP contribution in [0.5, 0.6) is 0 Å². The van der Waals surface area contributed by atoms with E-state index in [0.717, 1.165) is 5.52 Å². The van der Waals surface area contributed by atoms with Crippen LogP contribution in [0.25, 0.3) is 10.9 Å². The van der Waals surface area contributed by atoms with E-state index in [4.69, 9.17) is 7.98 Å². The average Bonchev–Trinajstić information content (AvgIpc) is 2.44. The van der Waals surface area contributed by atoms with Crippen molar-refractivity contribution in [1.29, 1.82) is 0 Å². The van der Waals surface area contributed by atoms with Crippen LogP contribution in [0.1, 0.15) is 26.5 Å². The molecule has 0 fully saturated rings. The number of nitrogens with zero attached hydrogens (tertiary/aromatic N) is 1. The molecule has 0 saturated carbocycles. The lowest BCUT2D eigenvalue weighted by molar-refractivity contribution is 0.567. The van der Waals surface area contributed by atoms with Gasteiger partial charge in [-0.3, -0.25) is 0 Å². The molecule has 0 spiro atoms. The van der Waals surface area contributed by atoms with E-state index in [0.29, 0.717) is 0 Å². The molecule has 1 heterocycles. The second-order valence-electron chi connectivity index (χ2n) is 4.71. The molecule has 0 aliphatic carbocycles. The Balaban J connectivity index is 2.75. The second kappa shape index (κ2) is 2.91. The van der Waals surface area contributed by atoms with Crippen LogP contribution in [0.4, 0.5) is 0 Å². The monoisotopic (exact) mass is 183 g/mol. The number of aromatic nitrogens is 1. The number of hydrogen-bond acceptors (Lipinski definition) is 0. The average molecular weight is 183 g/mol. The third kappa shape index (κ3) is 1.35. The molecule has 2 rings (SSSR count). The lowest BCUT2D eigenvalue weighted by Crippen LogP contribution is -2.16. The molecule has 70 valence electrons. The molecule has 0 N–H and O–H groups in total. The van der Waals surface area contributed by atoms with Gasteiger partial charge in [0.05, 0.1) is 0 Å². The Morgan fingerprint density at radius 2 is 1.79 bits per heavy atom. The first-order valence-corrected chi connectivity index (χ1v) is 4.86. The zero-order chi connectivity index (χ0) is 10.3. The Labute approximate surface area is 86.2 Å². The molecule has 2 aromatic rings. The minimum Gasteiger partial charge on any atom is -0.400 e. The number of para-hydroxylation sites is 1. The smallest absolute Gasteiger partial charge is 0.234 e. The quantitative estimate of drug-likeness (QED) is 0.553. The maximum Gasteiger partial charge on any atom is 0.234 e. The maximum absolute atomic E-state index is 6.04. The highest BCUT2D eigenvalue weighted by molar-refractivity contribution is 6.12. The van der Waals surface area contributed by atoms with Gasteiger partial charge in [-0.2, -0.15) is 0 Å². The summed E-state index contributed by atoms with van der Waals surface area (Å²) in [5.74, 6) is 0. The first-order chi connectivity index (χ1) is 6.50. The zero-order valence-corrected chi connectivity index (χ0v) is 8.91. The lowest BCUT2D eigenvalue weighted by atomic mass is 9.91. The predicted octanol–water partition coefficient (Wildman–Crippen LogP) is 2.87. The van der Waals surface area contributed by atoms with E-state index in [1.54, 1.807) is 4.48 Å². The third-order valence-corrected chi connectivity index (χ3v) is 2.52. The molecule has 0 aliphatic rings. The van der Waals surface area contributed by atoms with Gasteiger partial charge in [0, 0.05) is 16.6 Å². The topological polar surface area (TPSA) is 4.93 Å². The van der Waals surface area contributed by atoms with Crippen molar-refractivity contribution in [3.8, 4) is 0 Å². The summed E-state index contributed by atoms with van der Waals surface area (Å²) >= 11 is 0. The van der Waals surface area contributed by atoms with Gasteiger partial charge < -0.3 is 4.48 Å². The molecule has 0 atom stereocenters. The Morgan fingerprint density at radius 1 is 1.14 bits per heavy atom. The molecule has 2 heteroatoms. The van der Waals surface area contributed by atoms with Gasteiger partial charge in [-0.1, -0.05) is 39.0 Å². The van der Waals surface area contributed by atoms with Crippen molar-refractivity contribution in [2.75, 3.05) is 0 Å². The van der Waals surface area contributed by atoms with Crippen LogP contribution >= 0.6 is 0 Å². The van der Waals surface area contributed by atoms with Gasteiger partial charge in [-0.25, -0.2) is 0 Å². The van der Waals surface area contributed by atoms with Crippen molar-refractivity contribution in [3.63, 3.8) is 0 Å². The van der Waals surface area contributed by atoms with E-state index in [2.05, 4.69) is 32.9 Å². The van der Waals surface area contributed by atoms with E-state index in [-0.39, 0.29) is 5.41 Å². The lowest BCUT2D eigenvalue weighted by Gasteiger charge is -2.20. The van der Waals surface area contributed by atoms with Gasteiger partial charge in [0.25, 0.3) is 0 Å². The van der Waals surface area contributed by atoms with Crippen LogP contribution in [-0.2, 0) is 5.41 Å². The normalized spacial score (nSPS) is 12.2. The molecule has 14 heavy (non-hydrogen) atoms. The first kappa shape index (κ1) is 9.38. The van der Waals surface area contributed by atoms with E-state index in [9.17, 15) is 0 Å². The summed E-state index contributed by atoms with van der Waals surface area (Å²) in [5.41, 5.74) is 2.35. The van der Waals surface area contributed by atoms with Crippen LogP contribution in [-0.4, -0.2) is 12.5 Å². The van der Waals surface area contributed by atoms with E-state index < -0.39 is 0 Å². The van der Waals surface area contributed by atoms with Crippen molar-refractivity contribution in [2.45, 2.75) is 26.2 Å². The van der Waals surface area contributed by atoms with Gasteiger partial charge in [0.15, 0.2) is 0 Å². The zero-order valence-electron chi connectivity index (χ0n) is 8.91. The largest absolute Gasteiger partial charge is 0.400 e. The van der Waals surface area contributed by atoms with Crippen LogP contribution in [0.3, 0.4) is 0 Å². The molecule has 2 radical (unpaired) electrons. The molecular formula is C12H14BN. The molecule has 0 bridgehead atoms. The highest BCUT2D eigenvalue weighted by Gasteiger charge is 2.18. The summed E-state index contributed by atoms with van der Waals surface area (Å²) in [6.07, 6.45) is 0. The highest BCUT2D eigenvalue weighted by Crippen LogP contribution is 2.27. The Bertz CT molecular complexity index is 463. The van der Waals surface area contributed by atoms with Crippen molar-refractivity contribution in [1.82, 2.24) is 4.48 Å². The van der Waals surface area contributed by atoms with Crippen molar-refractivity contribution < 1.29 is 0 Å². The summed E-state index contributed by atoms with van der Waals surface area (Å²) in [4.78, 5) is 0. The summed E-state index contributed by atoms with van der Waals surface area (Å²) in [5, 5.41) is 1.21. The van der Waals surface area contributed by atoms with Gasteiger partial charge >= 0.3 is 0 Å². The first-order valence-electron chi connectivity index (χ1n) is 4.86. The molecule has 1 aromatic heterocycles.